The monoisotopic (exact) mass is 275 g/mol. The first-order valence-corrected chi connectivity index (χ1v) is 6.80. The highest BCUT2D eigenvalue weighted by molar-refractivity contribution is 5.48. The van der Waals surface area contributed by atoms with Crippen molar-refractivity contribution < 1.29 is 0 Å². The van der Waals surface area contributed by atoms with Gasteiger partial charge >= 0.3 is 0 Å². The predicted molar refractivity (Wildman–Crippen MR) is 78.6 cm³/mol. The van der Waals surface area contributed by atoms with Crippen LogP contribution in [0.15, 0.2) is 12.4 Å². The Kier molecular flexibility index (Phi) is 4.49. The van der Waals surface area contributed by atoms with Crippen LogP contribution in [-0.4, -0.2) is 31.8 Å². The van der Waals surface area contributed by atoms with Gasteiger partial charge in [-0.15, -0.1) is 10.2 Å². The fourth-order valence-corrected chi connectivity index (χ4v) is 2.01. The minimum absolute atomic E-state index is 0.0246. The van der Waals surface area contributed by atoms with E-state index in [1.807, 2.05) is 31.7 Å². The van der Waals surface area contributed by atoms with Crippen LogP contribution in [-0.2, 0) is 13.5 Å². The second kappa shape index (κ2) is 6.31. The lowest BCUT2D eigenvalue weighted by Crippen LogP contribution is -2.14. The number of aromatic nitrogens is 5. The van der Waals surface area contributed by atoms with Gasteiger partial charge in [-0.05, 0) is 13.3 Å². The molecule has 0 aliphatic carbocycles. The van der Waals surface area contributed by atoms with E-state index in [4.69, 9.17) is 0 Å². The van der Waals surface area contributed by atoms with E-state index in [1.165, 1.54) is 0 Å². The van der Waals surface area contributed by atoms with Crippen LogP contribution in [0.4, 0.5) is 11.6 Å². The largest absolute Gasteiger partial charge is 0.373 e. The molecule has 2 aromatic rings. The highest BCUT2D eigenvalue weighted by atomic mass is 15.3. The summed E-state index contributed by atoms with van der Waals surface area (Å²) in [5.41, 5.74) is 0. The van der Waals surface area contributed by atoms with Gasteiger partial charge in [0, 0.05) is 26.6 Å². The lowest BCUT2D eigenvalue weighted by Gasteiger charge is -2.15. The van der Waals surface area contributed by atoms with Crippen molar-refractivity contribution in [2.45, 2.75) is 32.7 Å². The van der Waals surface area contributed by atoms with Crippen molar-refractivity contribution >= 4 is 11.6 Å². The molecule has 7 nitrogen and oxygen atoms in total. The van der Waals surface area contributed by atoms with E-state index in [0.717, 1.165) is 36.1 Å². The molecular weight excluding hydrogens is 254 g/mol. The molecule has 0 aliphatic rings. The fourth-order valence-electron chi connectivity index (χ4n) is 2.01. The Balaban J connectivity index is 2.19. The fraction of sp³-hybridized carbons (Fsp3) is 0.538. The first kappa shape index (κ1) is 14.2. The van der Waals surface area contributed by atoms with Crippen molar-refractivity contribution in [3.63, 3.8) is 0 Å². The highest BCUT2D eigenvalue weighted by Crippen LogP contribution is 2.18. The number of nitrogens with zero attached hydrogens (tertiary/aromatic N) is 5. The molecule has 2 N–H and O–H groups in total. The lowest BCUT2D eigenvalue weighted by atomic mass is 10.3. The Morgan fingerprint density at radius 1 is 1.30 bits per heavy atom. The molecule has 2 aromatic heterocycles. The molecule has 2 heterocycles. The van der Waals surface area contributed by atoms with E-state index in [0.29, 0.717) is 0 Å². The summed E-state index contributed by atoms with van der Waals surface area (Å²) in [6, 6.07) is 1.92. The van der Waals surface area contributed by atoms with Gasteiger partial charge in [0.05, 0.1) is 6.04 Å². The molecule has 108 valence electrons. The van der Waals surface area contributed by atoms with E-state index >= 15 is 0 Å². The maximum Gasteiger partial charge on any atom is 0.154 e. The van der Waals surface area contributed by atoms with Crippen LogP contribution in [0.2, 0.25) is 0 Å². The summed E-state index contributed by atoms with van der Waals surface area (Å²) in [5.74, 6) is 3.32. The standard InChI is InChI=1S/C13H21N7/c1-5-6-10-17-11(14-3)7-12(18-10)16-9(2)13-19-15-8-20(13)4/h7-9H,5-6H2,1-4H3,(H2,14,16,17,18). The van der Waals surface area contributed by atoms with E-state index in [2.05, 4.69) is 37.7 Å². The molecule has 0 aliphatic heterocycles. The molecule has 0 spiro atoms. The van der Waals surface area contributed by atoms with Crippen molar-refractivity contribution in [2.24, 2.45) is 7.05 Å². The molecular formula is C13H21N7. The Hall–Kier alpha value is -2.18. The summed E-state index contributed by atoms with van der Waals surface area (Å²) in [6.45, 7) is 4.15. The van der Waals surface area contributed by atoms with Gasteiger partial charge in [0.1, 0.15) is 23.8 Å². The quantitative estimate of drug-likeness (QED) is 0.836. The van der Waals surface area contributed by atoms with Gasteiger partial charge in [-0.1, -0.05) is 6.92 Å². The smallest absolute Gasteiger partial charge is 0.154 e. The van der Waals surface area contributed by atoms with Crippen molar-refractivity contribution in [2.75, 3.05) is 17.7 Å². The van der Waals surface area contributed by atoms with E-state index in [1.54, 1.807) is 6.33 Å². The molecule has 0 aromatic carbocycles. The Bertz CT molecular complexity index is 564. The van der Waals surface area contributed by atoms with Crippen LogP contribution in [0.25, 0.3) is 0 Å². The van der Waals surface area contributed by atoms with Gasteiger partial charge in [-0.3, -0.25) is 0 Å². The molecule has 1 unspecified atom stereocenters. The summed E-state index contributed by atoms with van der Waals surface area (Å²) in [7, 11) is 3.78. The maximum atomic E-state index is 4.53. The van der Waals surface area contributed by atoms with Crippen LogP contribution in [0.5, 0.6) is 0 Å². The SMILES string of the molecule is CCCc1nc(NC)cc(NC(C)c2nncn2C)n1. The van der Waals surface area contributed by atoms with Crippen molar-refractivity contribution in [3.8, 4) is 0 Å². The first-order chi connectivity index (χ1) is 9.63. The molecule has 20 heavy (non-hydrogen) atoms. The summed E-state index contributed by atoms with van der Waals surface area (Å²) in [6.07, 6.45) is 3.57. The zero-order chi connectivity index (χ0) is 14.5. The molecule has 2 rings (SSSR count). The van der Waals surface area contributed by atoms with Gasteiger partial charge < -0.3 is 15.2 Å². The molecule has 0 fully saturated rings. The van der Waals surface area contributed by atoms with Gasteiger partial charge in [0.25, 0.3) is 0 Å². The molecule has 0 amide bonds. The maximum absolute atomic E-state index is 4.53. The summed E-state index contributed by atoms with van der Waals surface area (Å²) < 4.78 is 1.89. The van der Waals surface area contributed by atoms with Crippen LogP contribution < -0.4 is 10.6 Å². The molecule has 0 saturated carbocycles. The average Bonchev–Trinajstić information content (AvgIpc) is 2.85. The molecule has 1 atom stereocenters. The third-order valence-corrected chi connectivity index (χ3v) is 3.00. The van der Waals surface area contributed by atoms with E-state index in [9.17, 15) is 0 Å². The summed E-state index contributed by atoms with van der Waals surface area (Å²) >= 11 is 0. The topological polar surface area (TPSA) is 80.5 Å². The molecule has 0 bridgehead atoms. The van der Waals surface area contributed by atoms with Crippen LogP contribution in [0, 0.1) is 0 Å². The van der Waals surface area contributed by atoms with E-state index in [-0.39, 0.29) is 6.04 Å². The minimum atomic E-state index is 0.0246. The number of hydrogen-bond donors (Lipinski definition) is 2. The normalized spacial score (nSPS) is 12.2. The Morgan fingerprint density at radius 2 is 2.05 bits per heavy atom. The third-order valence-electron chi connectivity index (χ3n) is 3.00. The van der Waals surface area contributed by atoms with Crippen molar-refractivity contribution in [3.05, 3.63) is 24.0 Å². The Morgan fingerprint density at radius 3 is 2.65 bits per heavy atom. The number of hydrogen-bond acceptors (Lipinski definition) is 6. The van der Waals surface area contributed by atoms with Crippen molar-refractivity contribution in [1.29, 1.82) is 0 Å². The first-order valence-electron chi connectivity index (χ1n) is 6.80. The summed E-state index contributed by atoms with van der Waals surface area (Å²) in [5, 5.41) is 14.4. The van der Waals surface area contributed by atoms with Crippen LogP contribution in [0.1, 0.15) is 38.0 Å². The average molecular weight is 275 g/mol. The number of anilines is 2. The van der Waals surface area contributed by atoms with E-state index < -0.39 is 0 Å². The second-order valence-corrected chi connectivity index (χ2v) is 4.72. The zero-order valence-corrected chi connectivity index (χ0v) is 12.4. The third kappa shape index (κ3) is 3.23. The van der Waals surface area contributed by atoms with Crippen LogP contribution >= 0.6 is 0 Å². The van der Waals surface area contributed by atoms with Crippen LogP contribution in [0.3, 0.4) is 0 Å². The van der Waals surface area contributed by atoms with Gasteiger partial charge in [-0.2, -0.15) is 0 Å². The number of rotatable bonds is 6. The number of aryl methyl sites for hydroxylation is 2. The number of nitrogens with one attached hydrogen (secondary N) is 2. The second-order valence-electron chi connectivity index (χ2n) is 4.72. The highest BCUT2D eigenvalue weighted by Gasteiger charge is 2.13. The minimum Gasteiger partial charge on any atom is -0.373 e. The lowest BCUT2D eigenvalue weighted by molar-refractivity contribution is 0.714. The van der Waals surface area contributed by atoms with Crippen molar-refractivity contribution in [1.82, 2.24) is 24.7 Å². The molecule has 0 radical (unpaired) electrons. The van der Waals surface area contributed by atoms with Gasteiger partial charge in [0.15, 0.2) is 5.82 Å². The predicted octanol–water partition coefficient (Wildman–Crippen LogP) is 1.77. The van der Waals surface area contributed by atoms with Gasteiger partial charge in [-0.25, -0.2) is 9.97 Å². The van der Waals surface area contributed by atoms with Gasteiger partial charge in [0.2, 0.25) is 0 Å². The molecule has 7 heteroatoms. The summed E-state index contributed by atoms with van der Waals surface area (Å²) in [4.78, 5) is 8.96. The zero-order valence-electron chi connectivity index (χ0n) is 12.4. The Labute approximate surface area is 118 Å². The molecule has 0 saturated heterocycles.